The van der Waals surface area contributed by atoms with Crippen molar-refractivity contribution in [1.29, 1.82) is 0 Å². The molecule has 0 aliphatic carbocycles. The van der Waals surface area contributed by atoms with Crippen molar-refractivity contribution in [2.45, 2.75) is 32.5 Å². The summed E-state index contributed by atoms with van der Waals surface area (Å²) in [7, 11) is 0. The number of rotatable bonds is 7. The summed E-state index contributed by atoms with van der Waals surface area (Å²) >= 11 is 0. The highest BCUT2D eigenvalue weighted by Gasteiger charge is 2.09. The van der Waals surface area contributed by atoms with E-state index in [0.29, 0.717) is 30.3 Å². The highest BCUT2D eigenvalue weighted by Crippen LogP contribution is 2.20. The van der Waals surface area contributed by atoms with Gasteiger partial charge in [0.15, 0.2) is 12.4 Å². The maximum atomic E-state index is 9.78. The quantitative estimate of drug-likeness (QED) is 0.718. The second kappa shape index (κ2) is 7.75. The molecule has 0 radical (unpaired) electrons. The Morgan fingerprint density at radius 1 is 1.08 bits per heavy atom. The SMILES string of the molecule is CCC(O)c1ccc(OCc2nc(Cc3ccccc3)no2)cc1. The van der Waals surface area contributed by atoms with Gasteiger partial charge in [0.1, 0.15) is 5.75 Å². The maximum absolute atomic E-state index is 9.78. The molecule has 0 saturated carbocycles. The normalized spacial score (nSPS) is 12.1. The Labute approximate surface area is 140 Å². The number of hydrogen-bond acceptors (Lipinski definition) is 5. The van der Waals surface area contributed by atoms with E-state index >= 15 is 0 Å². The first-order valence-corrected chi connectivity index (χ1v) is 8.01. The summed E-state index contributed by atoms with van der Waals surface area (Å²) in [4.78, 5) is 4.34. The Morgan fingerprint density at radius 3 is 2.54 bits per heavy atom. The van der Waals surface area contributed by atoms with Crippen LogP contribution in [0.4, 0.5) is 0 Å². The first kappa shape index (κ1) is 16.2. The first-order valence-electron chi connectivity index (χ1n) is 8.01. The van der Waals surface area contributed by atoms with Crippen molar-refractivity contribution >= 4 is 0 Å². The molecule has 2 aromatic carbocycles. The van der Waals surface area contributed by atoms with Crippen LogP contribution in [-0.2, 0) is 13.0 Å². The van der Waals surface area contributed by atoms with E-state index < -0.39 is 6.10 Å². The molecule has 5 heteroatoms. The predicted octanol–water partition coefficient (Wildman–Crippen LogP) is 3.68. The van der Waals surface area contributed by atoms with Crippen LogP contribution in [0, 0.1) is 0 Å². The third-order valence-corrected chi connectivity index (χ3v) is 3.73. The molecular weight excluding hydrogens is 304 g/mol. The van der Waals surface area contributed by atoms with Gasteiger partial charge in [-0.2, -0.15) is 4.98 Å². The predicted molar refractivity (Wildman–Crippen MR) is 89.6 cm³/mol. The van der Waals surface area contributed by atoms with Gasteiger partial charge >= 0.3 is 0 Å². The lowest BCUT2D eigenvalue weighted by atomic mass is 10.1. The minimum Gasteiger partial charge on any atom is -0.484 e. The molecule has 3 aromatic rings. The van der Waals surface area contributed by atoms with E-state index in [1.165, 1.54) is 0 Å². The van der Waals surface area contributed by atoms with Crippen LogP contribution < -0.4 is 4.74 Å². The van der Waals surface area contributed by atoms with Gasteiger partial charge in [-0.15, -0.1) is 0 Å². The molecule has 1 unspecified atom stereocenters. The summed E-state index contributed by atoms with van der Waals surface area (Å²) in [5, 5.41) is 13.8. The van der Waals surface area contributed by atoms with Crippen LogP contribution in [0.3, 0.4) is 0 Å². The lowest BCUT2D eigenvalue weighted by Gasteiger charge is -2.09. The molecule has 5 nitrogen and oxygen atoms in total. The van der Waals surface area contributed by atoms with Crippen molar-refractivity contribution in [3.8, 4) is 5.75 Å². The molecule has 1 aromatic heterocycles. The summed E-state index contributed by atoms with van der Waals surface area (Å²) < 4.78 is 10.9. The van der Waals surface area contributed by atoms with Crippen molar-refractivity contribution in [3.63, 3.8) is 0 Å². The molecule has 1 N–H and O–H groups in total. The summed E-state index contributed by atoms with van der Waals surface area (Å²) in [6.07, 6.45) is 0.885. The van der Waals surface area contributed by atoms with Crippen molar-refractivity contribution in [2.24, 2.45) is 0 Å². The van der Waals surface area contributed by atoms with Crippen LogP contribution in [-0.4, -0.2) is 15.2 Å². The number of aliphatic hydroxyl groups is 1. The zero-order valence-electron chi connectivity index (χ0n) is 13.6. The van der Waals surface area contributed by atoms with Crippen molar-refractivity contribution < 1.29 is 14.4 Å². The van der Waals surface area contributed by atoms with Gasteiger partial charge in [-0.25, -0.2) is 0 Å². The average molecular weight is 324 g/mol. The van der Waals surface area contributed by atoms with Gasteiger partial charge in [0.2, 0.25) is 0 Å². The fraction of sp³-hybridized carbons (Fsp3) is 0.263. The second-order valence-electron chi connectivity index (χ2n) is 5.55. The van der Waals surface area contributed by atoms with E-state index in [2.05, 4.69) is 10.1 Å². The van der Waals surface area contributed by atoms with Crippen molar-refractivity contribution in [2.75, 3.05) is 0 Å². The van der Waals surface area contributed by atoms with Crippen LogP contribution in [0.15, 0.2) is 59.1 Å². The molecule has 3 rings (SSSR count). The summed E-state index contributed by atoms with van der Waals surface area (Å²) in [6, 6.07) is 17.4. The van der Waals surface area contributed by atoms with E-state index in [0.717, 1.165) is 11.1 Å². The fourth-order valence-corrected chi connectivity index (χ4v) is 2.37. The van der Waals surface area contributed by atoms with Crippen LogP contribution in [0.25, 0.3) is 0 Å². The molecule has 124 valence electrons. The second-order valence-corrected chi connectivity index (χ2v) is 5.55. The van der Waals surface area contributed by atoms with Gasteiger partial charge in [0, 0.05) is 6.42 Å². The topological polar surface area (TPSA) is 68.4 Å². The molecule has 0 amide bonds. The Kier molecular flexibility index (Phi) is 5.23. The first-order chi connectivity index (χ1) is 11.7. The zero-order valence-corrected chi connectivity index (χ0v) is 13.6. The largest absolute Gasteiger partial charge is 0.484 e. The number of aliphatic hydroxyl groups excluding tert-OH is 1. The van der Waals surface area contributed by atoms with Gasteiger partial charge in [-0.1, -0.05) is 54.5 Å². The van der Waals surface area contributed by atoms with Crippen molar-refractivity contribution in [1.82, 2.24) is 10.1 Å². The highest BCUT2D eigenvalue weighted by atomic mass is 16.5. The molecule has 0 fully saturated rings. The molecule has 0 aliphatic rings. The van der Waals surface area contributed by atoms with E-state index in [1.807, 2.05) is 61.5 Å². The number of ether oxygens (including phenoxy) is 1. The van der Waals surface area contributed by atoms with Crippen LogP contribution in [0.2, 0.25) is 0 Å². The monoisotopic (exact) mass is 324 g/mol. The number of hydrogen-bond donors (Lipinski definition) is 1. The summed E-state index contributed by atoms with van der Waals surface area (Å²) in [6.45, 7) is 2.16. The lowest BCUT2D eigenvalue weighted by Crippen LogP contribution is -1.98. The van der Waals surface area contributed by atoms with E-state index in [9.17, 15) is 5.11 Å². The standard InChI is InChI=1S/C19H20N2O3/c1-2-17(22)15-8-10-16(11-9-15)23-13-19-20-18(21-24-19)12-14-6-4-3-5-7-14/h3-11,17,22H,2,12-13H2,1H3. The van der Waals surface area contributed by atoms with Gasteiger partial charge in [0.25, 0.3) is 5.89 Å². The maximum Gasteiger partial charge on any atom is 0.264 e. The lowest BCUT2D eigenvalue weighted by molar-refractivity contribution is 0.173. The van der Waals surface area contributed by atoms with Crippen LogP contribution >= 0.6 is 0 Å². The Hall–Kier alpha value is -2.66. The molecule has 1 atom stereocenters. The molecule has 0 aliphatic heterocycles. The number of benzene rings is 2. The summed E-state index contributed by atoms with van der Waals surface area (Å²) in [5.41, 5.74) is 2.02. The number of nitrogens with zero attached hydrogens (tertiary/aromatic N) is 2. The zero-order chi connectivity index (χ0) is 16.8. The third-order valence-electron chi connectivity index (χ3n) is 3.73. The number of aromatic nitrogens is 2. The molecule has 0 bridgehead atoms. The Balaban J connectivity index is 1.55. The Morgan fingerprint density at radius 2 is 1.83 bits per heavy atom. The van der Waals surface area contributed by atoms with Gasteiger partial charge in [0.05, 0.1) is 6.10 Å². The summed E-state index contributed by atoms with van der Waals surface area (Å²) in [5.74, 6) is 1.78. The van der Waals surface area contributed by atoms with Gasteiger partial charge in [-0.3, -0.25) is 0 Å². The third kappa shape index (κ3) is 4.20. The van der Waals surface area contributed by atoms with Gasteiger partial charge in [-0.05, 0) is 29.7 Å². The van der Waals surface area contributed by atoms with Gasteiger partial charge < -0.3 is 14.4 Å². The van der Waals surface area contributed by atoms with Crippen molar-refractivity contribution in [3.05, 3.63) is 77.4 Å². The van der Waals surface area contributed by atoms with Crippen LogP contribution in [0.1, 0.15) is 42.3 Å². The molecule has 0 spiro atoms. The van der Waals surface area contributed by atoms with E-state index in [-0.39, 0.29) is 6.61 Å². The smallest absolute Gasteiger partial charge is 0.264 e. The fourth-order valence-electron chi connectivity index (χ4n) is 2.37. The molecule has 1 heterocycles. The van der Waals surface area contributed by atoms with E-state index in [4.69, 9.17) is 9.26 Å². The Bertz CT molecular complexity index is 754. The van der Waals surface area contributed by atoms with Crippen LogP contribution in [0.5, 0.6) is 5.75 Å². The molecule has 24 heavy (non-hydrogen) atoms. The minimum absolute atomic E-state index is 0.220. The molecule has 0 saturated heterocycles. The van der Waals surface area contributed by atoms with E-state index in [1.54, 1.807) is 0 Å². The highest BCUT2D eigenvalue weighted by molar-refractivity contribution is 5.28. The minimum atomic E-state index is -0.435. The average Bonchev–Trinajstić information content (AvgIpc) is 3.08. The molecular formula is C19H20N2O3.